The van der Waals surface area contributed by atoms with E-state index in [0.717, 1.165) is 22.2 Å². The number of thioether (sulfide) groups is 1. The number of anilines is 1. The first kappa shape index (κ1) is 17.3. The van der Waals surface area contributed by atoms with E-state index in [2.05, 4.69) is 20.5 Å². The van der Waals surface area contributed by atoms with Crippen molar-refractivity contribution in [2.24, 2.45) is 0 Å². The molecule has 0 saturated carbocycles. The average molecular weight is 379 g/mol. The summed E-state index contributed by atoms with van der Waals surface area (Å²) >= 11 is 1.28. The van der Waals surface area contributed by atoms with Gasteiger partial charge in [0.1, 0.15) is 0 Å². The molecule has 7 nitrogen and oxygen atoms in total. The number of rotatable bonds is 5. The molecular formula is C19H17N5O2S. The molecule has 0 bridgehead atoms. The van der Waals surface area contributed by atoms with Gasteiger partial charge in [-0.05, 0) is 17.9 Å². The molecule has 0 aliphatic carbocycles. The van der Waals surface area contributed by atoms with Crippen LogP contribution in [0.1, 0.15) is 12.6 Å². The third-order valence-corrected chi connectivity index (χ3v) is 5.14. The zero-order valence-electron chi connectivity index (χ0n) is 14.6. The quantitative estimate of drug-likeness (QED) is 0.520. The summed E-state index contributed by atoms with van der Waals surface area (Å²) in [5, 5.41) is 13.7. The zero-order chi connectivity index (χ0) is 18.8. The maximum Gasteiger partial charge on any atom is 0.252 e. The van der Waals surface area contributed by atoms with Crippen LogP contribution >= 0.6 is 11.8 Å². The first-order valence-corrected chi connectivity index (χ1v) is 9.52. The molecule has 0 aliphatic rings. The minimum atomic E-state index is -0.211. The van der Waals surface area contributed by atoms with E-state index < -0.39 is 0 Å². The second-order valence-electron chi connectivity index (χ2n) is 5.98. The zero-order valence-corrected chi connectivity index (χ0v) is 15.4. The van der Waals surface area contributed by atoms with Crippen LogP contribution in [0.15, 0.2) is 58.5 Å². The van der Waals surface area contributed by atoms with Crippen molar-refractivity contribution in [1.29, 1.82) is 0 Å². The predicted molar refractivity (Wildman–Crippen MR) is 106 cm³/mol. The fraction of sp³-hybridized carbons (Fsp3) is 0.158. The number of H-pyrrole nitrogens is 1. The minimum absolute atomic E-state index is 0.129. The number of hydrogen-bond donors (Lipinski definition) is 2. The summed E-state index contributed by atoms with van der Waals surface area (Å²) < 4.78 is 1.78. The van der Waals surface area contributed by atoms with Crippen LogP contribution in [0, 0.1) is 0 Å². The van der Waals surface area contributed by atoms with Crippen molar-refractivity contribution in [2.45, 2.75) is 18.5 Å². The smallest absolute Gasteiger partial charge is 0.252 e. The first-order chi connectivity index (χ1) is 13.2. The number of aromatic amines is 1. The molecule has 0 radical (unpaired) electrons. The van der Waals surface area contributed by atoms with Crippen LogP contribution in [0.2, 0.25) is 0 Å². The third-order valence-electron chi connectivity index (χ3n) is 4.21. The Morgan fingerprint density at radius 3 is 2.85 bits per heavy atom. The number of amides is 1. The Morgan fingerprint density at radius 1 is 1.19 bits per heavy atom. The molecule has 0 unspecified atom stereocenters. The summed E-state index contributed by atoms with van der Waals surface area (Å²) in [7, 11) is 0. The first-order valence-electron chi connectivity index (χ1n) is 8.53. The summed E-state index contributed by atoms with van der Waals surface area (Å²) in [6.45, 7) is 1.95. The van der Waals surface area contributed by atoms with E-state index >= 15 is 0 Å². The summed E-state index contributed by atoms with van der Waals surface area (Å²) in [6.07, 6.45) is 0.661. The summed E-state index contributed by atoms with van der Waals surface area (Å²) in [6, 6.07) is 15.2. The molecule has 4 rings (SSSR count). The number of hydrogen-bond acceptors (Lipinski definition) is 5. The molecule has 2 N–H and O–H groups in total. The van der Waals surface area contributed by atoms with Gasteiger partial charge >= 0.3 is 0 Å². The van der Waals surface area contributed by atoms with Crippen molar-refractivity contribution in [1.82, 2.24) is 19.6 Å². The molecule has 8 heteroatoms. The lowest BCUT2D eigenvalue weighted by molar-refractivity contribution is -0.113. The lowest BCUT2D eigenvalue weighted by atomic mass is 10.1. The van der Waals surface area contributed by atoms with Crippen LogP contribution in [0.4, 0.5) is 5.69 Å². The molecule has 27 heavy (non-hydrogen) atoms. The Morgan fingerprint density at radius 2 is 2.00 bits per heavy atom. The summed E-state index contributed by atoms with van der Waals surface area (Å²) in [5.74, 6) is 0.443. The number of nitrogens with one attached hydrogen (secondary N) is 2. The Balaban J connectivity index is 1.53. The standard InChI is InChI=1S/C19H17N5O2S/c1-2-13-10-16(25)21-18-22-23-19(24(13)18)27-11-17(26)20-15-9-5-7-12-6-3-4-8-14(12)15/h3-10H,2,11H2,1H3,(H,20,26)(H,21,22,25). The van der Waals surface area contributed by atoms with Gasteiger partial charge in [-0.3, -0.25) is 19.0 Å². The van der Waals surface area contributed by atoms with Crippen molar-refractivity contribution in [3.63, 3.8) is 0 Å². The molecule has 0 atom stereocenters. The highest BCUT2D eigenvalue weighted by Crippen LogP contribution is 2.24. The van der Waals surface area contributed by atoms with Gasteiger partial charge in [-0.2, -0.15) is 0 Å². The van der Waals surface area contributed by atoms with Crippen LogP contribution in [0.25, 0.3) is 16.6 Å². The van der Waals surface area contributed by atoms with E-state index in [1.807, 2.05) is 49.4 Å². The Labute approximate surface area is 158 Å². The number of carbonyl (C=O) groups excluding carboxylic acids is 1. The molecular weight excluding hydrogens is 362 g/mol. The monoisotopic (exact) mass is 379 g/mol. The van der Waals surface area contributed by atoms with E-state index in [-0.39, 0.29) is 17.2 Å². The fourth-order valence-electron chi connectivity index (χ4n) is 2.98. The largest absolute Gasteiger partial charge is 0.325 e. The van der Waals surface area contributed by atoms with Gasteiger partial charge in [0.05, 0.1) is 5.75 Å². The van der Waals surface area contributed by atoms with Gasteiger partial charge in [0.25, 0.3) is 5.56 Å². The molecule has 2 aromatic heterocycles. The molecule has 0 spiro atoms. The van der Waals surface area contributed by atoms with E-state index in [9.17, 15) is 9.59 Å². The number of aryl methyl sites for hydroxylation is 1. The molecule has 0 aliphatic heterocycles. The van der Waals surface area contributed by atoms with Crippen LogP contribution in [-0.4, -0.2) is 31.2 Å². The Bertz CT molecular complexity index is 1190. The lowest BCUT2D eigenvalue weighted by Crippen LogP contribution is -2.15. The van der Waals surface area contributed by atoms with Crippen molar-refractivity contribution in [3.05, 3.63) is 64.6 Å². The summed E-state index contributed by atoms with van der Waals surface area (Å²) in [4.78, 5) is 26.7. The van der Waals surface area contributed by atoms with E-state index in [4.69, 9.17) is 0 Å². The highest BCUT2D eigenvalue weighted by Gasteiger charge is 2.13. The van der Waals surface area contributed by atoms with Gasteiger partial charge in [-0.1, -0.05) is 55.1 Å². The molecule has 136 valence electrons. The molecule has 2 aromatic carbocycles. The van der Waals surface area contributed by atoms with Crippen molar-refractivity contribution in [2.75, 3.05) is 11.1 Å². The SMILES string of the molecule is CCc1cc(=O)[nH]c2nnc(SCC(=O)Nc3cccc4ccccc34)n12. The molecule has 0 saturated heterocycles. The molecule has 0 fully saturated rings. The van der Waals surface area contributed by atoms with Crippen molar-refractivity contribution in [3.8, 4) is 0 Å². The van der Waals surface area contributed by atoms with Gasteiger partial charge in [0.2, 0.25) is 11.7 Å². The predicted octanol–water partition coefficient (Wildman–Crippen LogP) is 2.86. The second-order valence-corrected chi connectivity index (χ2v) is 6.93. The summed E-state index contributed by atoms with van der Waals surface area (Å²) in [5.41, 5.74) is 1.37. The van der Waals surface area contributed by atoms with E-state index in [0.29, 0.717) is 17.4 Å². The van der Waals surface area contributed by atoms with Crippen LogP contribution in [0.3, 0.4) is 0 Å². The van der Waals surface area contributed by atoms with Gasteiger partial charge in [-0.15, -0.1) is 10.2 Å². The average Bonchev–Trinajstić information content (AvgIpc) is 3.09. The Hall–Kier alpha value is -3.13. The van der Waals surface area contributed by atoms with Crippen LogP contribution in [-0.2, 0) is 11.2 Å². The number of fused-ring (bicyclic) bond motifs is 2. The molecule has 2 heterocycles. The van der Waals surface area contributed by atoms with Gasteiger partial charge in [-0.25, -0.2) is 0 Å². The molecule has 1 amide bonds. The maximum absolute atomic E-state index is 12.4. The van der Waals surface area contributed by atoms with E-state index in [1.54, 1.807) is 4.40 Å². The fourth-order valence-corrected chi connectivity index (χ4v) is 3.74. The lowest BCUT2D eigenvalue weighted by Gasteiger charge is -2.08. The number of benzene rings is 2. The number of aromatic nitrogens is 4. The molecule has 4 aromatic rings. The topological polar surface area (TPSA) is 92.2 Å². The maximum atomic E-state index is 12.4. The highest BCUT2D eigenvalue weighted by atomic mass is 32.2. The van der Waals surface area contributed by atoms with Crippen LogP contribution < -0.4 is 10.9 Å². The Kier molecular flexibility index (Phi) is 4.64. The van der Waals surface area contributed by atoms with Crippen LogP contribution in [0.5, 0.6) is 0 Å². The normalized spacial score (nSPS) is 11.1. The highest BCUT2D eigenvalue weighted by molar-refractivity contribution is 7.99. The van der Waals surface area contributed by atoms with E-state index in [1.165, 1.54) is 17.8 Å². The van der Waals surface area contributed by atoms with Gasteiger partial charge < -0.3 is 5.32 Å². The number of nitrogens with zero attached hydrogens (tertiary/aromatic N) is 3. The second kappa shape index (κ2) is 7.24. The number of carbonyl (C=O) groups is 1. The van der Waals surface area contributed by atoms with Crippen molar-refractivity contribution < 1.29 is 4.79 Å². The minimum Gasteiger partial charge on any atom is -0.325 e. The van der Waals surface area contributed by atoms with Crippen molar-refractivity contribution >= 4 is 39.9 Å². The van der Waals surface area contributed by atoms with Gasteiger partial charge in [0, 0.05) is 22.8 Å². The third kappa shape index (κ3) is 3.43. The van der Waals surface area contributed by atoms with Gasteiger partial charge in [0.15, 0.2) is 5.16 Å².